The average molecular weight is 305 g/mol. The molecule has 0 unspecified atom stereocenters. The zero-order valence-electron chi connectivity index (χ0n) is 13.4. The first-order valence-electron chi connectivity index (χ1n) is 7.69. The molecule has 7 nitrogen and oxygen atoms in total. The molecule has 1 aliphatic heterocycles. The SMILES string of the molecule is CO[C@H](C)c1noc(CN(C)C[C@H]2CCc3nccn3C2)n1. The molecule has 2 aromatic heterocycles. The van der Waals surface area contributed by atoms with E-state index >= 15 is 0 Å². The smallest absolute Gasteiger partial charge is 0.240 e. The topological polar surface area (TPSA) is 69.2 Å². The van der Waals surface area contributed by atoms with Crippen molar-refractivity contribution in [2.24, 2.45) is 5.92 Å². The van der Waals surface area contributed by atoms with Crippen molar-refractivity contribution in [2.75, 3.05) is 20.7 Å². The van der Waals surface area contributed by atoms with Crippen LogP contribution in [-0.4, -0.2) is 45.3 Å². The van der Waals surface area contributed by atoms with Gasteiger partial charge in [0, 0.05) is 39.0 Å². The molecular formula is C15H23N5O2. The van der Waals surface area contributed by atoms with Crippen molar-refractivity contribution in [3.8, 4) is 0 Å². The van der Waals surface area contributed by atoms with E-state index in [0.717, 1.165) is 19.5 Å². The Kier molecular flexibility index (Phi) is 4.54. The predicted molar refractivity (Wildman–Crippen MR) is 80.1 cm³/mol. The monoisotopic (exact) mass is 305 g/mol. The van der Waals surface area contributed by atoms with E-state index in [2.05, 4.69) is 37.8 Å². The first-order valence-corrected chi connectivity index (χ1v) is 7.69. The predicted octanol–water partition coefficient (Wildman–Crippen LogP) is 1.67. The number of rotatable bonds is 6. The standard InChI is InChI=1S/C15H23N5O2/c1-11(21-3)15-17-14(22-18-15)10-19(2)8-12-4-5-13-16-6-7-20(13)9-12/h6-7,11-12H,4-5,8-10H2,1-3H3/t11-,12-/m1/s1. The van der Waals surface area contributed by atoms with E-state index in [-0.39, 0.29) is 6.10 Å². The second-order valence-electron chi connectivity index (χ2n) is 6.02. The summed E-state index contributed by atoms with van der Waals surface area (Å²) in [6, 6.07) is 0. The van der Waals surface area contributed by atoms with Crippen LogP contribution in [0, 0.1) is 5.92 Å². The molecule has 120 valence electrons. The van der Waals surface area contributed by atoms with Gasteiger partial charge in [-0.05, 0) is 26.3 Å². The third kappa shape index (κ3) is 3.36. The lowest BCUT2D eigenvalue weighted by molar-refractivity contribution is 0.109. The molecule has 1 aliphatic rings. The Labute approximate surface area is 130 Å². The van der Waals surface area contributed by atoms with E-state index in [1.807, 2.05) is 13.1 Å². The van der Waals surface area contributed by atoms with Gasteiger partial charge in [-0.1, -0.05) is 5.16 Å². The molecule has 2 aromatic rings. The Morgan fingerprint density at radius 2 is 2.41 bits per heavy atom. The van der Waals surface area contributed by atoms with Gasteiger partial charge in [0.15, 0.2) is 5.82 Å². The van der Waals surface area contributed by atoms with Crippen molar-refractivity contribution in [1.29, 1.82) is 0 Å². The number of nitrogens with zero attached hydrogens (tertiary/aromatic N) is 5. The van der Waals surface area contributed by atoms with Crippen LogP contribution in [0.1, 0.15) is 37.0 Å². The number of methoxy groups -OCH3 is 1. The summed E-state index contributed by atoms with van der Waals surface area (Å²) >= 11 is 0. The molecule has 0 saturated carbocycles. The summed E-state index contributed by atoms with van der Waals surface area (Å²) in [6.45, 7) is 4.62. The number of aromatic nitrogens is 4. The molecular weight excluding hydrogens is 282 g/mol. The molecule has 0 amide bonds. The van der Waals surface area contributed by atoms with Crippen molar-refractivity contribution in [3.05, 3.63) is 29.9 Å². The molecule has 2 atom stereocenters. The van der Waals surface area contributed by atoms with Crippen molar-refractivity contribution >= 4 is 0 Å². The molecule has 7 heteroatoms. The molecule has 0 aliphatic carbocycles. The van der Waals surface area contributed by atoms with Gasteiger partial charge < -0.3 is 13.8 Å². The van der Waals surface area contributed by atoms with Gasteiger partial charge in [0.1, 0.15) is 11.9 Å². The zero-order valence-corrected chi connectivity index (χ0v) is 13.4. The number of ether oxygens (including phenoxy) is 1. The second-order valence-corrected chi connectivity index (χ2v) is 6.02. The number of fused-ring (bicyclic) bond motifs is 1. The molecule has 3 heterocycles. The summed E-state index contributed by atoms with van der Waals surface area (Å²) in [5.74, 6) is 3.08. The first kappa shape index (κ1) is 15.2. The highest BCUT2D eigenvalue weighted by atomic mass is 16.5. The number of hydrogen-bond acceptors (Lipinski definition) is 6. The van der Waals surface area contributed by atoms with Crippen LogP contribution in [-0.2, 0) is 24.2 Å². The van der Waals surface area contributed by atoms with Gasteiger partial charge in [-0.2, -0.15) is 4.98 Å². The van der Waals surface area contributed by atoms with Crippen LogP contribution in [0.2, 0.25) is 0 Å². The zero-order chi connectivity index (χ0) is 15.5. The third-order valence-corrected chi connectivity index (χ3v) is 4.21. The van der Waals surface area contributed by atoms with Gasteiger partial charge in [0.2, 0.25) is 5.89 Å². The highest BCUT2D eigenvalue weighted by Gasteiger charge is 2.21. The van der Waals surface area contributed by atoms with E-state index in [4.69, 9.17) is 9.26 Å². The van der Waals surface area contributed by atoms with Gasteiger partial charge in [-0.25, -0.2) is 4.98 Å². The maximum atomic E-state index is 5.29. The number of hydrogen-bond donors (Lipinski definition) is 0. The summed E-state index contributed by atoms with van der Waals surface area (Å²) in [5.41, 5.74) is 0. The van der Waals surface area contributed by atoms with Crippen LogP contribution in [0.4, 0.5) is 0 Å². The molecule has 0 spiro atoms. The summed E-state index contributed by atoms with van der Waals surface area (Å²) < 4.78 is 12.7. The van der Waals surface area contributed by atoms with Crippen LogP contribution in [0.5, 0.6) is 0 Å². The van der Waals surface area contributed by atoms with Crippen LogP contribution in [0.3, 0.4) is 0 Å². The van der Waals surface area contributed by atoms with E-state index in [1.165, 1.54) is 12.2 Å². The van der Waals surface area contributed by atoms with Crippen molar-refractivity contribution in [3.63, 3.8) is 0 Å². The molecule has 0 radical (unpaired) electrons. The van der Waals surface area contributed by atoms with Crippen LogP contribution < -0.4 is 0 Å². The van der Waals surface area contributed by atoms with Crippen molar-refractivity contribution < 1.29 is 9.26 Å². The van der Waals surface area contributed by atoms with E-state index in [1.54, 1.807) is 7.11 Å². The van der Waals surface area contributed by atoms with Gasteiger partial charge in [-0.15, -0.1) is 0 Å². The Morgan fingerprint density at radius 1 is 1.55 bits per heavy atom. The van der Waals surface area contributed by atoms with E-state index in [9.17, 15) is 0 Å². The summed E-state index contributed by atoms with van der Waals surface area (Å²) in [4.78, 5) is 11.0. The maximum Gasteiger partial charge on any atom is 0.240 e. The van der Waals surface area contributed by atoms with E-state index in [0.29, 0.717) is 24.2 Å². The fourth-order valence-electron chi connectivity index (χ4n) is 2.93. The Balaban J connectivity index is 1.52. The Morgan fingerprint density at radius 3 is 3.23 bits per heavy atom. The Bertz CT molecular complexity index is 609. The second kappa shape index (κ2) is 6.58. The largest absolute Gasteiger partial charge is 0.374 e. The molecule has 22 heavy (non-hydrogen) atoms. The van der Waals surface area contributed by atoms with Crippen molar-refractivity contribution in [1.82, 2.24) is 24.6 Å². The Hall–Kier alpha value is -1.73. The summed E-state index contributed by atoms with van der Waals surface area (Å²) in [7, 11) is 3.73. The fourth-order valence-corrected chi connectivity index (χ4v) is 2.93. The molecule has 0 bridgehead atoms. The lowest BCUT2D eigenvalue weighted by Gasteiger charge is -2.27. The maximum absolute atomic E-state index is 5.29. The number of imidazole rings is 1. The number of aryl methyl sites for hydroxylation is 1. The van der Waals surface area contributed by atoms with Crippen LogP contribution in [0.25, 0.3) is 0 Å². The van der Waals surface area contributed by atoms with Gasteiger partial charge in [0.25, 0.3) is 0 Å². The fraction of sp³-hybridized carbons (Fsp3) is 0.667. The normalized spacial score (nSPS) is 19.4. The highest BCUT2D eigenvalue weighted by Crippen LogP contribution is 2.20. The lowest BCUT2D eigenvalue weighted by atomic mass is 9.99. The summed E-state index contributed by atoms with van der Waals surface area (Å²) in [5, 5.41) is 3.96. The molecule has 0 fully saturated rings. The van der Waals surface area contributed by atoms with Gasteiger partial charge >= 0.3 is 0 Å². The minimum atomic E-state index is -0.138. The summed E-state index contributed by atoms with van der Waals surface area (Å²) in [6.07, 6.45) is 6.05. The van der Waals surface area contributed by atoms with Gasteiger partial charge in [0.05, 0.1) is 6.54 Å². The van der Waals surface area contributed by atoms with Crippen LogP contribution >= 0.6 is 0 Å². The molecule has 0 N–H and O–H groups in total. The third-order valence-electron chi connectivity index (χ3n) is 4.21. The average Bonchev–Trinajstić information content (AvgIpc) is 3.14. The minimum Gasteiger partial charge on any atom is -0.374 e. The van der Waals surface area contributed by atoms with E-state index < -0.39 is 0 Å². The quantitative estimate of drug-likeness (QED) is 0.808. The molecule has 3 rings (SSSR count). The van der Waals surface area contributed by atoms with Gasteiger partial charge in [-0.3, -0.25) is 4.90 Å². The molecule has 0 aromatic carbocycles. The lowest BCUT2D eigenvalue weighted by Crippen LogP contribution is -2.31. The molecule has 0 saturated heterocycles. The highest BCUT2D eigenvalue weighted by molar-refractivity contribution is 4.97. The minimum absolute atomic E-state index is 0.138. The van der Waals surface area contributed by atoms with Crippen molar-refractivity contribution in [2.45, 2.75) is 39.0 Å². The first-order chi connectivity index (χ1) is 10.7. The van der Waals surface area contributed by atoms with Crippen LogP contribution in [0.15, 0.2) is 16.9 Å².